The van der Waals surface area contributed by atoms with Gasteiger partial charge in [0, 0.05) is 18.7 Å². The third-order valence-corrected chi connectivity index (χ3v) is 6.89. The molecule has 3 heterocycles. The highest BCUT2D eigenvalue weighted by Gasteiger charge is 2.42. The van der Waals surface area contributed by atoms with Crippen molar-refractivity contribution in [2.75, 3.05) is 6.54 Å². The molecule has 1 aromatic carbocycles. The fourth-order valence-corrected chi connectivity index (χ4v) is 5.30. The summed E-state index contributed by atoms with van der Waals surface area (Å²) in [6.45, 7) is 0.444. The summed E-state index contributed by atoms with van der Waals surface area (Å²) < 4.78 is 14.8. The molecular formula is C22H21ClFN3O4. The van der Waals surface area contributed by atoms with Crippen LogP contribution in [0.3, 0.4) is 0 Å². The maximum atomic E-state index is 13.4. The van der Waals surface area contributed by atoms with Crippen LogP contribution < -0.4 is 10.9 Å². The highest BCUT2D eigenvalue weighted by atomic mass is 35.5. The van der Waals surface area contributed by atoms with Crippen molar-refractivity contribution in [3.63, 3.8) is 0 Å². The van der Waals surface area contributed by atoms with Gasteiger partial charge >= 0.3 is 0 Å². The Bertz CT molecular complexity index is 1170. The number of aromatic hydroxyl groups is 1. The summed E-state index contributed by atoms with van der Waals surface area (Å²) in [4.78, 5) is 40.4. The topological polar surface area (TPSA) is 91.6 Å². The van der Waals surface area contributed by atoms with Crippen molar-refractivity contribution in [3.8, 4) is 5.75 Å². The molecule has 1 fully saturated rings. The Morgan fingerprint density at radius 2 is 1.94 bits per heavy atom. The second-order valence-corrected chi connectivity index (χ2v) is 8.82. The first-order valence-electron chi connectivity index (χ1n) is 10.4. The highest BCUT2D eigenvalue weighted by molar-refractivity contribution is 6.30. The van der Waals surface area contributed by atoms with Gasteiger partial charge in [0.25, 0.3) is 17.4 Å². The van der Waals surface area contributed by atoms with Crippen molar-refractivity contribution in [2.24, 2.45) is 5.92 Å². The molecule has 1 aromatic heterocycles. The molecule has 0 radical (unpaired) electrons. The van der Waals surface area contributed by atoms with Gasteiger partial charge in [-0.3, -0.25) is 19.0 Å². The molecule has 1 saturated carbocycles. The fourth-order valence-electron chi connectivity index (χ4n) is 5.10. The molecule has 0 spiro atoms. The summed E-state index contributed by atoms with van der Waals surface area (Å²) in [5.74, 6) is -1.94. The van der Waals surface area contributed by atoms with Crippen LogP contribution >= 0.6 is 11.6 Å². The molecule has 3 aliphatic rings. The molecule has 31 heavy (non-hydrogen) atoms. The van der Waals surface area contributed by atoms with E-state index in [1.54, 1.807) is 0 Å². The maximum absolute atomic E-state index is 13.4. The molecule has 1 unspecified atom stereocenters. The third-order valence-electron chi connectivity index (χ3n) is 6.60. The second kappa shape index (κ2) is 7.37. The number of benzene rings is 1. The number of hydrogen-bond donors (Lipinski definition) is 2. The standard InChI is InChI=1S/C22H21ClFN3O4/c23-14-9-11(5-6-15(14)24)10-26-8-7-13-16(21(26)30)18(28)22(31)27-17(13)20(29)25-19(27)12-3-1-2-4-12/h5-6,9,12,19,28H,1-4,7-8,10H2,(H,25,29). The SMILES string of the molecule is O=C1NC(C2CCCC2)n2c1c1c(c(O)c2=O)C(=O)N(Cc2ccc(F)c(Cl)c2)CC1. The first-order valence-corrected chi connectivity index (χ1v) is 10.8. The molecule has 2 amide bonds. The van der Waals surface area contributed by atoms with Crippen LogP contribution in [0.5, 0.6) is 5.75 Å². The second-order valence-electron chi connectivity index (χ2n) is 8.41. The van der Waals surface area contributed by atoms with Gasteiger partial charge in [-0.1, -0.05) is 30.5 Å². The highest BCUT2D eigenvalue weighted by Crippen LogP contribution is 2.38. The van der Waals surface area contributed by atoms with Gasteiger partial charge in [0.15, 0.2) is 5.75 Å². The first-order chi connectivity index (χ1) is 14.9. The van der Waals surface area contributed by atoms with Gasteiger partial charge < -0.3 is 15.3 Å². The van der Waals surface area contributed by atoms with Crippen molar-refractivity contribution < 1.29 is 19.1 Å². The quantitative estimate of drug-likeness (QED) is 0.759. The first kappa shape index (κ1) is 20.1. The van der Waals surface area contributed by atoms with Crippen LogP contribution in [0.1, 0.15) is 63.8 Å². The van der Waals surface area contributed by atoms with Gasteiger partial charge in [0.2, 0.25) is 0 Å². The number of halogens is 2. The van der Waals surface area contributed by atoms with Gasteiger partial charge in [-0.15, -0.1) is 0 Å². The van der Waals surface area contributed by atoms with Crippen LogP contribution in [0.2, 0.25) is 5.02 Å². The summed E-state index contributed by atoms with van der Waals surface area (Å²) in [6, 6.07) is 4.20. The van der Waals surface area contributed by atoms with Crippen molar-refractivity contribution in [2.45, 2.75) is 44.8 Å². The Labute approximate surface area is 182 Å². The lowest BCUT2D eigenvalue weighted by molar-refractivity contribution is 0.0721. The Hall–Kier alpha value is -2.87. The van der Waals surface area contributed by atoms with E-state index in [9.17, 15) is 23.9 Å². The molecule has 7 nitrogen and oxygen atoms in total. The molecule has 0 bridgehead atoms. The van der Waals surface area contributed by atoms with E-state index in [0.29, 0.717) is 24.1 Å². The zero-order chi connectivity index (χ0) is 21.9. The van der Waals surface area contributed by atoms with Crippen LogP contribution in [0, 0.1) is 11.7 Å². The number of rotatable bonds is 3. The van der Waals surface area contributed by atoms with Gasteiger partial charge in [0.1, 0.15) is 17.7 Å². The van der Waals surface area contributed by atoms with Gasteiger partial charge in [0.05, 0.1) is 10.6 Å². The lowest BCUT2D eigenvalue weighted by Gasteiger charge is -2.30. The number of nitrogens with one attached hydrogen (secondary N) is 1. The van der Waals surface area contributed by atoms with Gasteiger partial charge in [-0.2, -0.15) is 0 Å². The zero-order valence-corrected chi connectivity index (χ0v) is 17.4. The fraction of sp³-hybridized carbons (Fsp3) is 0.409. The molecule has 2 N–H and O–H groups in total. The van der Waals surface area contributed by atoms with E-state index < -0.39 is 29.2 Å². The molecule has 2 aromatic rings. The Kier molecular flexibility index (Phi) is 4.77. The summed E-state index contributed by atoms with van der Waals surface area (Å²) in [5, 5.41) is 13.5. The summed E-state index contributed by atoms with van der Waals surface area (Å²) >= 11 is 5.84. The van der Waals surface area contributed by atoms with Crippen LogP contribution in [-0.2, 0) is 13.0 Å². The number of hydrogen-bond acceptors (Lipinski definition) is 4. The lowest BCUT2D eigenvalue weighted by Crippen LogP contribution is -2.40. The van der Waals surface area contributed by atoms with Crippen molar-refractivity contribution in [1.82, 2.24) is 14.8 Å². The van der Waals surface area contributed by atoms with E-state index in [0.717, 1.165) is 25.7 Å². The van der Waals surface area contributed by atoms with Crippen molar-refractivity contribution in [1.29, 1.82) is 0 Å². The Morgan fingerprint density at radius 1 is 1.19 bits per heavy atom. The molecular weight excluding hydrogens is 425 g/mol. The number of amides is 2. The molecule has 0 saturated heterocycles. The van der Waals surface area contributed by atoms with Gasteiger partial charge in [-0.25, -0.2) is 4.39 Å². The van der Waals surface area contributed by atoms with E-state index in [4.69, 9.17) is 11.6 Å². The number of carbonyl (C=O) groups excluding carboxylic acids is 2. The maximum Gasteiger partial charge on any atom is 0.295 e. The van der Waals surface area contributed by atoms with E-state index in [-0.39, 0.29) is 34.6 Å². The minimum absolute atomic E-state index is 0.0455. The largest absolute Gasteiger partial charge is 0.502 e. The van der Waals surface area contributed by atoms with Gasteiger partial charge in [-0.05, 0) is 42.9 Å². The molecule has 1 aliphatic carbocycles. The molecule has 5 rings (SSSR count). The number of fused-ring (bicyclic) bond motifs is 3. The summed E-state index contributed by atoms with van der Waals surface area (Å²) in [6.07, 6.45) is 3.73. The Balaban J connectivity index is 1.53. The Morgan fingerprint density at radius 3 is 2.65 bits per heavy atom. The van der Waals surface area contributed by atoms with Crippen LogP contribution in [0.4, 0.5) is 4.39 Å². The van der Waals surface area contributed by atoms with Crippen molar-refractivity contribution in [3.05, 3.63) is 61.8 Å². The average molecular weight is 446 g/mol. The minimum atomic E-state index is -0.718. The predicted molar refractivity (Wildman–Crippen MR) is 111 cm³/mol. The average Bonchev–Trinajstić information content (AvgIpc) is 3.38. The summed E-state index contributed by atoms with van der Waals surface area (Å²) in [5.41, 5.74) is 0.391. The lowest BCUT2D eigenvalue weighted by atomic mass is 9.95. The monoisotopic (exact) mass is 445 g/mol. The van der Waals surface area contributed by atoms with Crippen LogP contribution in [-0.4, -0.2) is 32.9 Å². The molecule has 1 atom stereocenters. The van der Waals surface area contributed by atoms with E-state index in [1.165, 1.54) is 27.7 Å². The normalized spacial score (nSPS) is 20.7. The number of carbonyl (C=O) groups is 2. The number of pyridine rings is 1. The van der Waals surface area contributed by atoms with Crippen LogP contribution in [0.15, 0.2) is 23.0 Å². The molecule has 2 aliphatic heterocycles. The van der Waals surface area contributed by atoms with E-state index in [2.05, 4.69) is 5.32 Å². The molecule has 9 heteroatoms. The zero-order valence-electron chi connectivity index (χ0n) is 16.7. The summed E-state index contributed by atoms with van der Waals surface area (Å²) in [7, 11) is 0. The smallest absolute Gasteiger partial charge is 0.295 e. The van der Waals surface area contributed by atoms with Crippen molar-refractivity contribution >= 4 is 23.4 Å². The van der Waals surface area contributed by atoms with E-state index >= 15 is 0 Å². The predicted octanol–water partition coefficient (Wildman–Crippen LogP) is 2.98. The number of aromatic nitrogens is 1. The van der Waals surface area contributed by atoms with E-state index in [1.807, 2.05) is 0 Å². The van der Waals surface area contributed by atoms with Crippen LogP contribution in [0.25, 0.3) is 0 Å². The number of nitrogens with zero attached hydrogens (tertiary/aromatic N) is 2. The minimum Gasteiger partial charge on any atom is -0.502 e. The molecule has 162 valence electrons. The third kappa shape index (κ3) is 3.12.